The molecule has 4 heteroatoms. The molecule has 0 aliphatic heterocycles. The first-order valence-corrected chi connectivity index (χ1v) is 3.89. The Morgan fingerprint density at radius 1 is 1.50 bits per heavy atom. The van der Waals surface area contributed by atoms with Crippen LogP contribution in [-0.2, 0) is 4.74 Å². The van der Waals surface area contributed by atoms with Crippen LogP contribution in [0, 0.1) is 5.41 Å². The lowest BCUT2D eigenvalue weighted by Crippen LogP contribution is -2.39. The highest BCUT2D eigenvalue weighted by Gasteiger charge is 2.29. The molecule has 0 saturated carbocycles. The number of hydrogen-bond donors (Lipinski definition) is 2. The SMILES string of the molecule is C[C@H](OC(N)=O)C(O)C(C)(C)C. The number of ether oxygens (including phenoxy) is 1. The lowest BCUT2D eigenvalue weighted by Gasteiger charge is -2.29. The lowest BCUT2D eigenvalue weighted by molar-refractivity contribution is -0.0404. The molecule has 0 aromatic carbocycles. The van der Waals surface area contributed by atoms with Gasteiger partial charge in [0.2, 0.25) is 0 Å². The van der Waals surface area contributed by atoms with Gasteiger partial charge in [-0.25, -0.2) is 4.79 Å². The van der Waals surface area contributed by atoms with Crippen LogP contribution < -0.4 is 5.73 Å². The Hall–Kier alpha value is -0.770. The van der Waals surface area contributed by atoms with E-state index >= 15 is 0 Å². The van der Waals surface area contributed by atoms with E-state index in [1.165, 1.54) is 0 Å². The molecule has 1 unspecified atom stereocenters. The van der Waals surface area contributed by atoms with Gasteiger partial charge in [0.1, 0.15) is 6.10 Å². The average molecular weight is 175 g/mol. The summed E-state index contributed by atoms with van der Waals surface area (Å²) in [6, 6.07) is 0. The summed E-state index contributed by atoms with van der Waals surface area (Å²) in [6.45, 7) is 7.19. The smallest absolute Gasteiger partial charge is 0.404 e. The summed E-state index contributed by atoms with van der Waals surface area (Å²) in [6.07, 6.45) is -2.13. The minimum Gasteiger partial charge on any atom is -0.444 e. The number of aliphatic hydroxyl groups excluding tert-OH is 1. The summed E-state index contributed by atoms with van der Waals surface area (Å²) in [4.78, 5) is 10.3. The number of rotatable bonds is 2. The molecular weight excluding hydrogens is 158 g/mol. The van der Waals surface area contributed by atoms with Crippen LogP contribution in [0.15, 0.2) is 0 Å². The topological polar surface area (TPSA) is 72.5 Å². The predicted octanol–water partition coefficient (Wildman–Crippen LogP) is 0.877. The van der Waals surface area contributed by atoms with E-state index in [0.717, 1.165) is 0 Å². The Bertz CT molecular complexity index is 162. The monoisotopic (exact) mass is 175 g/mol. The van der Waals surface area contributed by atoms with Gasteiger partial charge in [-0.05, 0) is 12.3 Å². The van der Waals surface area contributed by atoms with Crippen molar-refractivity contribution in [2.45, 2.75) is 39.9 Å². The van der Waals surface area contributed by atoms with Gasteiger partial charge in [0, 0.05) is 0 Å². The maximum absolute atomic E-state index is 10.3. The van der Waals surface area contributed by atoms with Crippen molar-refractivity contribution in [1.29, 1.82) is 0 Å². The van der Waals surface area contributed by atoms with Crippen LogP contribution in [0.1, 0.15) is 27.7 Å². The summed E-state index contributed by atoms with van der Waals surface area (Å²) < 4.78 is 4.63. The molecule has 72 valence electrons. The summed E-state index contributed by atoms with van der Waals surface area (Å²) in [5, 5.41) is 9.57. The zero-order valence-corrected chi connectivity index (χ0v) is 8.00. The highest BCUT2D eigenvalue weighted by Crippen LogP contribution is 2.22. The Labute approximate surface area is 72.7 Å². The first-order valence-electron chi connectivity index (χ1n) is 3.89. The molecule has 0 heterocycles. The summed E-state index contributed by atoms with van der Waals surface area (Å²) in [5.74, 6) is 0. The minimum atomic E-state index is -0.856. The van der Waals surface area contributed by atoms with Gasteiger partial charge in [-0.1, -0.05) is 20.8 Å². The molecule has 0 aromatic rings. The first kappa shape index (κ1) is 11.2. The molecule has 0 radical (unpaired) electrons. The van der Waals surface area contributed by atoms with Crippen molar-refractivity contribution >= 4 is 6.09 Å². The van der Waals surface area contributed by atoms with Gasteiger partial charge in [0.25, 0.3) is 0 Å². The first-order chi connectivity index (χ1) is 5.25. The predicted molar refractivity (Wildman–Crippen MR) is 45.6 cm³/mol. The van der Waals surface area contributed by atoms with E-state index in [1.807, 2.05) is 20.8 Å². The molecule has 4 nitrogen and oxygen atoms in total. The molecule has 3 N–H and O–H groups in total. The molecule has 12 heavy (non-hydrogen) atoms. The zero-order valence-electron chi connectivity index (χ0n) is 8.00. The second kappa shape index (κ2) is 3.76. The van der Waals surface area contributed by atoms with Crippen LogP contribution in [0.25, 0.3) is 0 Å². The van der Waals surface area contributed by atoms with E-state index in [0.29, 0.717) is 0 Å². The van der Waals surface area contributed by atoms with Gasteiger partial charge >= 0.3 is 6.09 Å². The van der Waals surface area contributed by atoms with E-state index in [-0.39, 0.29) is 5.41 Å². The van der Waals surface area contributed by atoms with Crippen LogP contribution in [0.4, 0.5) is 4.79 Å². The van der Waals surface area contributed by atoms with Crippen LogP contribution in [0.5, 0.6) is 0 Å². The van der Waals surface area contributed by atoms with Crippen LogP contribution in [0.3, 0.4) is 0 Å². The van der Waals surface area contributed by atoms with Crippen molar-refractivity contribution in [1.82, 2.24) is 0 Å². The zero-order chi connectivity index (χ0) is 9.94. The maximum Gasteiger partial charge on any atom is 0.404 e. The van der Waals surface area contributed by atoms with E-state index in [1.54, 1.807) is 6.92 Å². The highest BCUT2D eigenvalue weighted by molar-refractivity contribution is 5.64. The van der Waals surface area contributed by atoms with Gasteiger partial charge in [-0.2, -0.15) is 0 Å². The molecule has 0 aliphatic rings. The third-order valence-electron chi connectivity index (χ3n) is 1.63. The van der Waals surface area contributed by atoms with Crippen molar-refractivity contribution in [3.63, 3.8) is 0 Å². The Morgan fingerprint density at radius 3 is 2.17 bits per heavy atom. The second-order valence-electron chi connectivity index (χ2n) is 3.95. The molecule has 0 aromatic heterocycles. The number of aliphatic hydroxyl groups is 1. The summed E-state index contributed by atoms with van der Waals surface area (Å²) in [5.41, 5.74) is 4.49. The van der Waals surface area contributed by atoms with Gasteiger partial charge in [-0.15, -0.1) is 0 Å². The molecule has 0 fully saturated rings. The van der Waals surface area contributed by atoms with Crippen molar-refractivity contribution in [2.75, 3.05) is 0 Å². The molecular formula is C8H17NO3. The normalized spacial score (nSPS) is 16.8. The highest BCUT2D eigenvalue weighted by atomic mass is 16.6. The Morgan fingerprint density at radius 2 is 1.92 bits per heavy atom. The van der Waals surface area contributed by atoms with Gasteiger partial charge in [0.05, 0.1) is 6.10 Å². The van der Waals surface area contributed by atoms with Gasteiger partial charge < -0.3 is 15.6 Å². The average Bonchev–Trinajstić information content (AvgIpc) is 1.82. The van der Waals surface area contributed by atoms with E-state index in [2.05, 4.69) is 4.74 Å². The Kier molecular flexibility index (Phi) is 3.52. The fourth-order valence-electron chi connectivity index (χ4n) is 0.952. The maximum atomic E-state index is 10.3. The van der Waals surface area contributed by atoms with E-state index in [4.69, 9.17) is 5.73 Å². The number of primary amides is 1. The molecule has 2 atom stereocenters. The number of carbonyl (C=O) groups excluding carboxylic acids is 1. The molecule has 0 bridgehead atoms. The number of nitrogens with two attached hydrogens (primary N) is 1. The van der Waals surface area contributed by atoms with Crippen molar-refractivity contribution in [2.24, 2.45) is 11.1 Å². The standard InChI is InChI=1S/C8H17NO3/c1-5(12-7(9)11)6(10)8(2,3)4/h5-6,10H,1-4H3,(H2,9,11)/t5-,6?/m0/s1. The van der Waals surface area contributed by atoms with Crippen molar-refractivity contribution in [3.05, 3.63) is 0 Å². The van der Waals surface area contributed by atoms with Gasteiger partial charge in [0.15, 0.2) is 0 Å². The molecule has 0 spiro atoms. The lowest BCUT2D eigenvalue weighted by atomic mass is 9.86. The third-order valence-corrected chi connectivity index (χ3v) is 1.63. The van der Waals surface area contributed by atoms with Crippen LogP contribution >= 0.6 is 0 Å². The van der Waals surface area contributed by atoms with Gasteiger partial charge in [-0.3, -0.25) is 0 Å². The van der Waals surface area contributed by atoms with Crippen LogP contribution in [-0.4, -0.2) is 23.4 Å². The summed E-state index contributed by atoms with van der Waals surface area (Å²) in [7, 11) is 0. The van der Waals surface area contributed by atoms with Crippen molar-refractivity contribution < 1.29 is 14.6 Å². The van der Waals surface area contributed by atoms with E-state index in [9.17, 15) is 9.90 Å². The van der Waals surface area contributed by atoms with Crippen LogP contribution in [0.2, 0.25) is 0 Å². The fraction of sp³-hybridized carbons (Fsp3) is 0.875. The number of amides is 1. The van der Waals surface area contributed by atoms with Crippen molar-refractivity contribution in [3.8, 4) is 0 Å². The molecule has 0 saturated heterocycles. The largest absolute Gasteiger partial charge is 0.444 e. The summed E-state index contributed by atoms with van der Waals surface area (Å²) >= 11 is 0. The molecule has 0 rings (SSSR count). The Balaban J connectivity index is 4.10. The number of hydrogen-bond acceptors (Lipinski definition) is 3. The fourth-order valence-corrected chi connectivity index (χ4v) is 0.952. The van der Waals surface area contributed by atoms with E-state index < -0.39 is 18.3 Å². The minimum absolute atomic E-state index is 0.311. The molecule has 0 aliphatic carbocycles. The molecule has 1 amide bonds. The quantitative estimate of drug-likeness (QED) is 0.654. The number of carbonyl (C=O) groups is 1. The second-order valence-corrected chi connectivity index (χ2v) is 3.95. The third kappa shape index (κ3) is 3.57.